The van der Waals surface area contributed by atoms with Crippen LogP contribution in [-0.4, -0.2) is 22.7 Å². The van der Waals surface area contributed by atoms with Crippen LogP contribution in [0.3, 0.4) is 0 Å². The lowest BCUT2D eigenvalue weighted by Crippen LogP contribution is -2.28. The molecule has 0 bridgehead atoms. The lowest BCUT2D eigenvalue weighted by atomic mass is 10.1. The second-order valence-electron chi connectivity index (χ2n) is 4.33. The van der Waals surface area contributed by atoms with Crippen LogP contribution < -0.4 is 5.32 Å². The number of aliphatic hydroxyl groups is 1. The van der Waals surface area contributed by atoms with Gasteiger partial charge in [0.1, 0.15) is 5.75 Å². The third kappa shape index (κ3) is 3.73. The van der Waals surface area contributed by atoms with Crippen LogP contribution in [0.25, 0.3) is 0 Å². The lowest BCUT2D eigenvalue weighted by molar-refractivity contribution is 0.0916. The number of aromatic hydroxyl groups is 1. The average Bonchev–Trinajstić information content (AvgIpc) is 2.45. The van der Waals surface area contributed by atoms with Gasteiger partial charge in [0.15, 0.2) is 0 Å². The first kappa shape index (κ1) is 14.4. The molecule has 20 heavy (non-hydrogen) atoms. The zero-order valence-corrected chi connectivity index (χ0v) is 11.3. The minimum absolute atomic E-state index is 0.0240. The molecule has 0 saturated heterocycles. The van der Waals surface area contributed by atoms with E-state index in [1.165, 1.54) is 12.1 Å². The van der Waals surface area contributed by atoms with E-state index in [4.69, 9.17) is 11.6 Å². The molecule has 0 fully saturated rings. The molecular weight excluding hydrogens is 278 g/mol. The minimum Gasteiger partial charge on any atom is -0.508 e. The second-order valence-corrected chi connectivity index (χ2v) is 4.76. The minimum atomic E-state index is -0.812. The molecule has 5 heteroatoms. The molecule has 0 spiro atoms. The molecule has 1 unspecified atom stereocenters. The van der Waals surface area contributed by atoms with Crippen molar-refractivity contribution < 1.29 is 15.0 Å². The molecular formula is C15H14ClNO3. The molecule has 0 radical (unpaired) electrons. The van der Waals surface area contributed by atoms with Crippen molar-refractivity contribution in [2.75, 3.05) is 6.54 Å². The molecule has 0 aromatic heterocycles. The number of amides is 1. The zero-order valence-electron chi connectivity index (χ0n) is 10.6. The average molecular weight is 292 g/mol. The lowest BCUT2D eigenvalue weighted by Gasteiger charge is -2.12. The topological polar surface area (TPSA) is 69.6 Å². The number of carbonyl (C=O) groups excluding carboxylic acids is 1. The Morgan fingerprint density at radius 2 is 1.90 bits per heavy atom. The number of hydrogen-bond donors (Lipinski definition) is 3. The van der Waals surface area contributed by atoms with Gasteiger partial charge in [-0.15, -0.1) is 0 Å². The number of carbonyl (C=O) groups is 1. The van der Waals surface area contributed by atoms with Gasteiger partial charge in [-0.3, -0.25) is 4.79 Å². The molecule has 0 aliphatic carbocycles. The smallest absolute Gasteiger partial charge is 0.251 e. The molecule has 0 saturated carbocycles. The number of hydrogen-bond acceptors (Lipinski definition) is 3. The van der Waals surface area contributed by atoms with Crippen LogP contribution in [0.4, 0.5) is 0 Å². The molecule has 1 atom stereocenters. The van der Waals surface area contributed by atoms with E-state index >= 15 is 0 Å². The molecule has 3 N–H and O–H groups in total. The molecule has 2 rings (SSSR count). The Hall–Kier alpha value is -2.04. The van der Waals surface area contributed by atoms with Crippen LogP contribution in [0, 0.1) is 0 Å². The SMILES string of the molecule is O=C(NCC(O)c1ccc(Cl)cc1)c1cccc(O)c1. The Morgan fingerprint density at radius 1 is 1.20 bits per heavy atom. The first-order chi connectivity index (χ1) is 9.56. The van der Waals surface area contributed by atoms with Crippen LogP contribution in [0.5, 0.6) is 5.75 Å². The fraction of sp³-hybridized carbons (Fsp3) is 0.133. The third-order valence-electron chi connectivity index (χ3n) is 2.82. The van der Waals surface area contributed by atoms with E-state index in [0.717, 1.165) is 0 Å². The van der Waals surface area contributed by atoms with Crippen molar-refractivity contribution in [3.8, 4) is 5.75 Å². The first-order valence-electron chi connectivity index (χ1n) is 6.07. The highest BCUT2D eigenvalue weighted by Gasteiger charge is 2.11. The molecule has 0 heterocycles. The number of rotatable bonds is 4. The van der Waals surface area contributed by atoms with Crippen LogP contribution in [-0.2, 0) is 0 Å². The highest BCUT2D eigenvalue weighted by molar-refractivity contribution is 6.30. The van der Waals surface area contributed by atoms with Crippen LogP contribution in [0.1, 0.15) is 22.0 Å². The largest absolute Gasteiger partial charge is 0.508 e. The molecule has 104 valence electrons. The van der Waals surface area contributed by atoms with Crippen molar-refractivity contribution >= 4 is 17.5 Å². The fourth-order valence-electron chi connectivity index (χ4n) is 1.74. The summed E-state index contributed by atoms with van der Waals surface area (Å²) in [5, 5.41) is 22.4. The molecule has 0 aliphatic rings. The highest BCUT2D eigenvalue weighted by Crippen LogP contribution is 2.16. The van der Waals surface area contributed by atoms with Gasteiger partial charge in [-0.05, 0) is 35.9 Å². The molecule has 2 aromatic rings. The van der Waals surface area contributed by atoms with E-state index in [0.29, 0.717) is 16.1 Å². The summed E-state index contributed by atoms with van der Waals surface area (Å²) in [6, 6.07) is 12.8. The summed E-state index contributed by atoms with van der Waals surface area (Å²) in [7, 11) is 0. The van der Waals surface area contributed by atoms with Crippen molar-refractivity contribution in [2.45, 2.75) is 6.10 Å². The van der Waals surface area contributed by atoms with E-state index in [1.54, 1.807) is 36.4 Å². The number of halogens is 1. The van der Waals surface area contributed by atoms with Crippen LogP contribution in [0.2, 0.25) is 5.02 Å². The third-order valence-corrected chi connectivity index (χ3v) is 3.07. The maximum atomic E-state index is 11.8. The Balaban J connectivity index is 1.94. The Morgan fingerprint density at radius 3 is 2.55 bits per heavy atom. The number of benzene rings is 2. The Kier molecular flexibility index (Phi) is 4.61. The van der Waals surface area contributed by atoms with Gasteiger partial charge in [0, 0.05) is 17.1 Å². The monoisotopic (exact) mass is 291 g/mol. The Bertz CT molecular complexity index is 598. The predicted octanol–water partition coefficient (Wildman–Crippen LogP) is 2.51. The van der Waals surface area contributed by atoms with E-state index in [-0.39, 0.29) is 18.2 Å². The quantitative estimate of drug-likeness (QED) is 0.811. The van der Waals surface area contributed by atoms with Crippen LogP contribution >= 0.6 is 11.6 Å². The summed E-state index contributed by atoms with van der Waals surface area (Å²) < 4.78 is 0. The van der Waals surface area contributed by atoms with Gasteiger partial charge in [-0.1, -0.05) is 29.8 Å². The van der Waals surface area contributed by atoms with Gasteiger partial charge in [-0.2, -0.15) is 0 Å². The molecule has 4 nitrogen and oxygen atoms in total. The number of phenols is 1. The van der Waals surface area contributed by atoms with Crippen molar-refractivity contribution in [1.82, 2.24) is 5.32 Å². The summed E-state index contributed by atoms with van der Waals surface area (Å²) in [5.41, 5.74) is 1.01. The maximum Gasteiger partial charge on any atom is 0.251 e. The van der Waals surface area contributed by atoms with Crippen molar-refractivity contribution in [3.63, 3.8) is 0 Å². The summed E-state index contributed by atoms with van der Waals surface area (Å²) in [4.78, 5) is 11.8. The first-order valence-corrected chi connectivity index (χ1v) is 6.45. The van der Waals surface area contributed by atoms with Crippen molar-refractivity contribution in [2.24, 2.45) is 0 Å². The fourth-order valence-corrected chi connectivity index (χ4v) is 1.87. The second kappa shape index (κ2) is 6.41. The summed E-state index contributed by atoms with van der Waals surface area (Å²) in [6.07, 6.45) is -0.812. The Labute approximate surface area is 121 Å². The molecule has 1 amide bonds. The van der Waals surface area contributed by atoms with Crippen molar-refractivity contribution in [1.29, 1.82) is 0 Å². The van der Waals surface area contributed by atoms with E-state index in [1.807, 2.05) is 0 Å². The number of nitrogens with one attached hydrogen (secondary N) is 1. The molecule has 0 aliphatic heterocycles. The zero-order chi connectivity index (χ0) is 14.5. The van der Waals surface area contributed by atoms with Crippen LogP contribution in [0.15, 0.2) is 48.5 Å². The van der Waals surface area contributed by atoms with Gasteiger partial charge < -0.3 is 15.5 Å². The highest BCUT2D eigenvalue weighted by atomic mass is 35.5. The van der Waals surface area contributed by atoms with E-state index < -0.39 is 6.10 Å². The predicted molar refractivity (Wildman–Crippen MR) is 76.9 cm³/mol. The number of aliphatic hydroxyl groups excluding tert-OH is 1. The van der Waals surface area contributed by atoms with Gasteiger partial charge in [0.2, 0.25) is 0 Å². The van der Waals surface area contributed by atoms with E-state index in [9.17, 15) is 15.0 Å². The normalized spacial score (nSPS) is 11.9. The summed E-state index contributed by atoms with van der Waals surface area (Å²) >= 11 is 5.76. The summed E-state index contributed by atoms with van der Waals surface area (Å²) in [6.45, 7) is 0.0795. The molecule has 2 aromatic carbocycles. The van der Waals surface area contributed by atoms with Gasteiger partial charge >= 0.3 is 0 Å². The summed E-state index contributed by atoms with van der Waals surface area (Å²) in [5.74, 6) is -0.329. The standard InChI is InChI=1S/C15H14ClNO3/c16-12-6-4-10(5-7-12)14(19)9-17-15(20)11-2-1-3-13(18)8-11/h1-8,14,18-19H,9H2,(H,17,20). The van der Waals surface area contributed by atoms with E-state index in [2.05, 4.69) is 5.32 Å². The van der Waals surface area contributed by atoms with Gasteiger partial charge in [0.05, 0.1) is 6.10 Å². The van der Waals surface area contributed by atoms with Crippen molar-refractivity contribution in [3.05, 3.63) is 64.7 Å². The number of phenolic OH excluding ortho intramolecular Hbond substituents is 1. The van der Waals surface area contributed by atoms with Gasteiger partial charge in [0.25, 0.3) is 5.91 Å². The van der Waals surface area contributed by atoms with Gasteiger partial charge in [-0.25, -0.2) is 0 Å². The maximum absolute atomic E-state index is 11.8.